The van der Waals surface area contributed by atoms with E-state index in [0.717, 1.165) is 38.0 Å². The number of nitrogens with two attached hydrogens (primary N) is 3. The third-order valence-electron chi connectivity index (χ3n) is 5.13. The Kier molecular flexibility index (Phi) is 9.63. The molecule has 8 heteroatoms. The molecule has 1 aliphatic rings. The van der Waals surface area contributed by atoms with Gasteiger partial charge in [-0.3, -0.25) is 10.3 Å². The maximum atomic E-state index is 13.1. The first-order valence-corrected chi connectivity index (χ1v) is 10.2. The average molecular weight is 395 g/mol. The number of rotatable bonds is 11. The lowest BCUT2D eigenvalue weighted by Crippen LogP contribution is -2.53. The van der Waals surface area contributed by atoms with Crippen molar-refractivity contribution in [2.24, 2.45) is 22.2 Å². The van der Waals surface area contributed by atoms with Gasteiger partial charge in [-0.2, -0.15) is 0 Å². The summed E-state index contributed by atoms with van der Waals surface area (Å²) in [7, 11) is 0. The van der Waals surface area contributed by atoms with E-state index in [2.05, 4.69) is 15.2 Å². The number of guanidine groups is 1. The molecule has 3 atom stereocenters. The molecule has 0 radical (unpaired) electrons. The van der Waals surface area contributed by atoms with Crippen molar-refractivity contribution in [3.05, 3.63) is 35.6 Å². The molecule has 0 bridgehead atoms. The van der Waals surface area contributed by atoms with Crippen molar-refractivity contribution in [1.29, 1.82) is 0 Å². The third kappa shape index (κ3) is 8.52. The van der Waals surface area contributed by atoms with Gasteiger partial charge in [0.2, 0.25) is 0 Å². The zero-order valence-corrected chi connectivity index (χ0v) is 16.6. The third-order valence-corrected chi connectivity index (χ3v) is 5.13. The van der Waals surface area contributed by atoms with Crippen molar-refractivity contribution >= 4 is 5.96 Å². The first-order chi connectivity index (χ1) is 13.4. The minimum atomic E-state index is -0.845. The first-order valence-electron chi connectivity index (χ1n) is 10.2. The van der Waals surface area contributed by atoms with Gasteiger partial charge in [-0.25, -0.2) is 4.39 Å². The maximum Gasteiger partial charge on any atom is 0.185 e. The normalized spacial score (nSPS) is 18.4. The molecule has 1 aromatic carbocycles. The fourth-order valence-electron chi connectivity index (χ4n) is 3.60. The Morgan fingerprint density at radius 2 is 1.86 bits per heavy atom. The number of hydrogen-bond donors (Lipinski definition) is 5. The molecule has 0 amide bonds. The van der Waals surface area contributed by atoms with Gasteiger partial charge in [0.15, 0.2) is 5.96 Å². The lowest BCUT2D eigenvalue weighted by Gasteiger charge is -2.33. The molecule has 1 fully saturated rings. The van der Waals surface area contributed by atoms with Crippen LogP contribution in [0.25, 0.3) is 0 Å². The summed E-state index contributed by atoms with van der Waals surface area (Å²) < 4.78 is 13.1. The lowest BCUT2D eigenvalue weighted by molar-refractivity contribution is 0.0810. The Bertz CT molecular complexity index is 587. The van der Waals surface area contributed by atoms with Crippen LogP contribution in [0.4, 0.5) is 4.39 Å². The summed E-state index contributed by atoms with van der Waals surface area (Å²) >= 11 is 0. The van der Waals surface area contributed by atoms with Crippen molar-refractivity contribution in [3.63, 3.8) is 0 Å². The van der Waals surface area contributed by atoms with Gasteiger partial charge in [0.05, 0.1) is 0 Å². The summed E-state index contributed by atoms with van der Waals surface area (Å²) in [6.45, 7) is 3.61. The predicted molar refractivity (Wildman–Crippen MR) is 111 cm³/mol. The molecule has 8 N–H and O–H groups in total. The van der Waals surface area contributed by atoms with E-state index in [1.54, 1.807) is 12.1 Å². The molecule has 0 aromatic heterocycles. The van der Waals surface area contributed by atoms with Crippen LogP contribution >= 0.6 is 0 Å². The fraction of sp³-hybridized carbons (Fsp3) is 0.650. The molecule has 7 nitrogen and oxygen atoms in total. The molecule has 1 heterocycles. The number of aliphatic imine (C=N–C) groups is 1. The maximum absolute atomic E-state index is 13.1. The number of nitrogens with zero attached hydrogens (tertiary/aromatic N) is 2. The molecular weight excluding hydrogens is 359 g/mol. The smallest absolute Gasteiger partial charge is 0.185 e. The van der Waals surface area contributed by atoms with Crippen LogP contribution in [-0.2, 0) is 6.42 Å². The second-order valence-electron chi connectivity index (χ2n) is 7.61. The standard InChI is InChI=1S/C20H35FN6O/c21-16-8-6-15(7-9-16)13-18(22)19(28)26-17(5-4-10-25-20(23)24)14-27-11-2-1-3-12-27/h6-9,17-19,26,28H,1-5,10-14,22H2,(H4,23,24,25)/t17?,18-,19?/m1/s1. The molecule has 0 aliphatic carbocycles. The Morgan fingerprint density at radius 1 is 1.18 bits per heavy atom. The van der Waals surface area contributed by atoms with Gasteiger partial charge < -0.3 is 27.2 Å². The summed E-state index contributed by atoms with van der Waals surface area (Å²) in [4.78, 5) is 6.46. The van der Waals surface area contributed by atoms with Gasteiger partial charge in [-0.05, 0) is 62.9 Å². The summed E-state index contributed by atoms with van der Waals surface area (Å²) in [5.74, 6) is -0.180. The van der Waals surface area contributed by atoms with E-state index in [-0.39, 0.29) is 17.8 Å². The quantitative estimate of drug-likeness (QED) is 0.161. The number of piperidine rings is 1. The van der Waals surface area contributed by atoms with Crippen molar-refractivity contribution in [3.8, 4) is 0 Å². The van der Waals surface area contributed by atoms with Crippen LogP contribution in [0.15, 0.2) is 29.3 Å². The van der Waals surface area contributed by atoms with Crippen molar-refractivity contribution in [2.45, 2.75) is 56.8 Å². The van der Waals surface area contributed by atoms with Crippen LogP contribution < -0.4 is 22.5 Å². The van der Waals surface area contributed by atoms with E-state index in [1.165, 1.54) is 31.4 Å². The minimum Gasteiger partial charge on any atom is -0.377 e. The first kappa shape index (κ1) is 22.5. The van der Waals surface area contributed by atoms with Crippen LogP contribution in [0.5, 0.6) is 0 Å². The number of likely N-dealkylation sites (tertiary alicyclic amines) is 1. The topological polar surface area (TPSA) is 126 Å². The molecule has 2 unspecified atom stereocenters. The number of halogens is 1. The summed E-state index contributed by atoms with van der Waals surface area (Å²) in [5.41, 5.74) is 17.9. The largest absolute Gasteiger partial charge is 0.377 e. The Hall–Kier alpha value is -1.74. The second kappa shape index (κ2) is 12.0. The van der Waals surface area contributed by atoms with Crippen LogP contribution in [0.1, 0.15) is 37.7 Å². The average Bonchev–Trinajstić information content (AvgIpc) is 2.67. The van der Waals surface area contributed by atoms with Crippen LogP contribution in [0.2, 0.25) is 0 Å². The van der Waals surface area contributed by atoms with Gasteiger partial charge in [0.1, 0.15) is 12.0 Å². The second-order valence-corrected chi connectivity index (χ2v) is 7.61. The Labute approximate surface area is 167 Å². The highest BCUT2D eigenvalue weighted by molar-refractivity contribution is 5.75. The number of nitrogens with one attached hydrogen (secondary N) is 1. The van der Waals surface area contributed by atoms with Crippen molar-refractivity contribution in [1.82, 2.24) is 10.2 Å². The number of benzene rings is 1. The molecule has 1 aliphatic heterocycles. The summed E-state index contributed by atoms with van der Waals surface area (Å²) in [6.07, 6.45) is 5.00. The van der Waals surface area contributed by atoms with E-state index in [9.17, 15) is 9.50 Å². The van der Waals surface area contributed by atoms with Crippen molar-refractivity contribution in [2.75, 3.05) is 26.2 Å². The van der Waals surface area contributed by atoms with Gasteiger partial charge in [0.25, 0.3) is 0 Å². The van der Waals surface area contributed by atoms with Crippen molar-refractivity contribution < 1.29 is 9.50 Å². The number of hydrogen-bond acceptors (Lipinski definition) is 5. The molecule has 158 valence electrons. The molecule has 0 saturated carbocycles. The highest BCUT2D eigenvalue weighted by atomic mass is 19.1. The van der Waals surface area contributed by atoms with Gasteiger partial charge in [0, 0.05) is 25.2 Å². The van der Waals surface area contributed by atoms with Crippen LogP contribution in [-0.4, -0.2) is 60.5 Å². The van der Waals surface area contributed by atoms with Gasteiger partial charge in [-0.15, -0.1) is 0 Å². The van der Waals surface area contributed by atoms with E-state index < -0.39 is 12.3 Å². The van der Waals surface area contributed by atoms with Gasteiger partial charge >= 0.3 is 0 Å². The molecule has 1 saturated heterocycles. The van der Waals surface area contributed by atoms with E-state index in [0.29, 0.717) is 13.0 Å². The fourth-order valence-corrected chi connectivity index (χ4v) is 3.60. The summed E-state index contributed by atoms with van der Waals surface area (Å²) in [5, 5.41) is 13.9. The Morgan fingerprint density at radius 3 is 2.50 bits per heavy atom. The highest BCUT2D eigenvalue weighted by Crippen LogP contribution is 2.12. The zero-order chi connectivity index (χ0) is 20.4. The van der Waals surface area contributed by atoms with E-state index in [1.807, 2.05) is 0 Å². The highest BCUT2D eigenvalue weighted by Gasteiger charge is 2.22. The molecular formula is C20H35FN6O. The monoisotopic (exact) mass is 394 g/mol. The molecule has 28 heavy (non-hydrogen) atoms. The zero-order valence-electron chi connectivity index (χ0n) is 16.6. The van der Waals surface area contributed by atoms with E-state index >= 15 is 0 Å². The van der Waals surface area contributed by atoms with Gasteiger partial charge in [-0.1, -0.05) is 18.6 Å². The summed E-state index contributed by atoms with van der Waals surface area (Å²) in [6, 6.07) is 5.83. The molecule has 2 rings (SSSR count). The molecule has 0 spiro atoms. The Balaban J connectivity index is 1.87. The SMILES string of the molecule is NC(N)=NCCCC(CN1CCCCC1)NC(O)[C@H](N)Cc1ccc(F)cc1. The lowest BCUT2D eigenvalue weighted by atomic mass is 10.0. The van der Waals surface area contributed by atoms with Crippen LogP contribution in [0, 0.1) is 5.82 Å². The van der Waals surface area contributed by atoms with Crippen LogP contribution in [0.3, 0.4) is 0 Å². The van der Waals surface area contributed by atoms with E-state index in [4.69, 9.17) is 17.2 Å². The number of aliphatic hydroxyl groups excluding tert-OH is 1. The minimum absolute atomic E-state index is 0.0987. The predicted octanol–water partition coefficient (Wildman–Crippen LogP) is 0.512. The molecule has 1 aromatic rings. The number of aliphatic hydroxyl groups is 1.